The number of nitrogens with zero attached hydrogens (tertiary/aromatic N) is 4. The summed E-state index contributed by atoms with van der Waals surface area (Å²) in [5.41, 5.74) is 22.0. The van der Waals surface area contributed by atoms with Gasteiger partial charge in [-0.2, -0.15) is 0 Å². The van der Waals surface area contributed by atoms with E-state index in [9.17, 15) is 0 Å². The van der Waals surface area contributed by atoms with Crippen LogP contribution in [0.25, 0.3) is 110 Å². The Morgan fingerprint density at radius 3 is 1.91 bits per heavy atom. The summed E-state index contributed by atoms with van der Waals surface area (Å²) < 4.78 is 2.39. The van der Waals surface area contributed by atoms with E-state index >= 15 is 0 Å². The monoisotopic (exact) mass is 952 g/mol. The number of hydrogen-bond donors (Lipinski definition) is 0. The first-order valence-corrected chi connectivity index (χ1v) is 26.6. The van der Waals surface area contributed by atoms with Gasteiger partial charge in [0.1, 0.15) is 0 Å². The summed E-state index contributed by atoms with van der Waals surface area (Å²) in [5, 5.41) is 12.7. The number of fused-ring (bicyclic) bond motifs is 21. The van der Waals surface area contributed by atoms with Crippen LogP contribution >= 0.6 is 0 Å². The van der Waals surface area contributed by atoms with E-state index in [4.69, 9.17) is 9.97 Å². The normalized spacial score (nSPS) is 16.4. The maximum atomic E-state index is 5.78. The molecule has 1 spiro atoms. The fourth-order valence-electron chi connectivity index (χ4n) is 15.1. The van der Waals surface area contributed by atoms with Gasteiger partial charge in [-0.05, 0) is 160 Å². The lowest BCUT2D eigenvalue weighted by atomic mass is 9.70. The summed E-state index contributed by atoms with van der Waals surface area (Å²) in [4.78, 5) is 13.9. The highest BCUT2D eigenvalue weighted by Gasteiger charge is 2.52. The van der Waals surface area contributed by atoms with Gasteiger partial charge in [0.2, 0.25) is 5.95 Å². The molecular formula is C71H44N4. The number of para-hydroxylation sites is 3. The number of aryl methyl sites for hydroxylation is 1. The molecule has 1 aliphatic heterocycles. The average Bonchev–Trinajstić information content (AvgIpc) is 4.35. The van der Waals surface area contributed by atoms with Crippen molar-refractivity contribution >= 4 is 93.5 Å². The van der Waals surface area contributed by atoms with Crippen LogP contribution in [0.4, 0.5) is 11.4 Å². The molecule has 13 aromatic rings. The predicted octanol–water partition coefficient (Wildman–Crippen LogP) is 17.3. The largest absolute Gasteiger partial charge is 0.333 e. The summed E-state index contributed by atoms with van der Waals surface area (Å²) in [7, 11) is 0. The Kier molecular flexibility index (Phi) is 7.72. The highest BCUT2D eigenvalue weighted by atomic mass is 15.2. The second-order valence-electron chi connectivity index (χ2n) is 21.3. The molecule has 1 unspecified atom stereocenters. The van der Waals surface area contributed by atoms with Gasteiger partial charge in [0.15, 0.2) is 0 Å². The van der Waals surface area contributed by atoms with Crippen molar-refractivity contribution in [2.45, 2.75) is 30.7 Å². The van der Waals surface area contributed by atoms with Gasteiger partial charge in [0, 0.05) is 33.3 Å². The van der Waals surface area contributed by atoms with E-state index in [1.807, 2.05) is 0 Å². The predicted molar refractivity (Wildman–Crippen MR) is 311 cm³/mol. The maximum Gasteiger partial charge on any atom is 0.235 e. The van der Waals surface area contributed by atoms with Gasteiger partial charge in [-0.25, -0.2) is 9.97 Å². The van der Waals surface area contributed by atoms with Gasteiger partial charge in [0.25, 0.3) is 0 Å². The van der Waals surface area contributed by atoms with Crippen LogP contribution in [0, 0.1) is 0 Å². The van der Waals surface area contributed by atoms with Crippen LogP contribution in [0.15, 0.2) is 218 Å². The Morgan fingerprint density at radius 1 is 0.480 bits per heavy atom. The standard InChI is InChI=1S/C71H44N4/c1-2-18-42(19-3-1)74-61-34-14-8-22-45(61)53-38-41(36-37-63(53)74)69-49-24-7-13-33-60(49)72-70(73-69)75-62-35-15-9-25-50(62)68-52-29-17-27-47-46-26-16-28-51-65(46)54(55(66(47)52)40-64(68)75)39-59-67(51)48-23-6-12-32-58(48)71(59)56-30-10-4-20-43(56)44-21-5-11-31-57(44)71/h1-12,14-32,34-36,38-40,63H,13,33,37H2. The Bertz CT molecular complexity index is 4770. The van der Waals surface area contributed by atoms with Gasteiger partial charge in [-0.15, -0.1) is 0 Å². The molecule has 0 bridgehead atoms. The molecule has 11 aromatic carbocycles. The van der Waals surface area contributed by atoms with Crippen LogP contribution in [0.1, 0.15) is 57.6 Å². The van der Waals surface area contributed by atoms with Crippen molar-refractivity contribution in [2.24, 2.45) is 0 Å². The van der Waals surface area contributed by atoms with Crippen LogP contribution in [0.3, 0.4) is 0 Å². The van der Waals surface area contributed by atoms with Gasteiger partial charge < -0.3 is 4.90 Å². The molecule has 0 fully saturated rings. The molecule has 1 atom stereocenters. The van der Waals surface area contributed by atoms with Crippen molar-refractivity contribution in [3.8, 4) is 28.2 Å². The summed E-state index contributed by atoms with van der Waals surface area (Å²) in [6, 6.07) is 75.6. The zero-order valence-electron chi connectivity index (χ0n) is 40.8. The van der Waals surface area contributed by atoms with Crippen molar-refractivity contribution in [1.82, 2.24) is 14.5 Å². The number of anilines is 2. The number of rotatable bonds is 3. The third-order valence-electron chi connectivity index (χ3n) is 17.9. The highest BCUT2D eigenvalue weighted by Crippen LogP contribution is 2.65. The Morgan fingerprint density at radius 2 is 1.11 bits per heavy atom. The lowest BCUT2D eigenvalue weighted by molar-refractivity contribution is 0.795. The molecule has 5 aliphatic rings. The van der Waals surface area contributed by atoms with Crippen molar-refractivity contribution in [2.75, 3.05) is 4.90 Å². The molecule has 4 aliphatic carbocycles. The average molecular weight is 953 g/mol. The first kappa shape index (κ1) is 40.1. The smallest absolute Gasteiger partial charge is 0.235 e. The fourth-order valence-corrected chi connectivity index (χ4v) is 15.1. The van der Waals surface area contributed by atoms with E-state index in [-0.39, 0.29) is 6.04 Å². The Balaban J connectivity index is 0.923. The quantitative estimate of drug-likeness (QED) is 0.131. The molecule has 18 rings (SSSR count). The van der Waals surface area contributed by atoms with Crippen molar-refractivity contribution < 1.29 is 0 Å². The first-order chi connectivity index (χ1) is 37.2. The van der Waals surface area contributed by atoms with E-state index in [1.165, 1.54) is 121 Å². The van der Waals surface area contributed by atoms with Crippen molar-refractivity contribution in [3.05, 3.63) is 263 Å². The molecule has 0 radical (unpaired) electrons. The van der Waals surface area contributed by atoms with Gasteiger partial charge in [-0.1, -0.05) is 182 Å². The molecule has 75 heavy (non-hydrogen) atoms. The SMILES string of the molecule is C1=Cc2c(nc(-n3c4ccccc4c4c5cccc6c7cccc8c9c(cc(c(cc43)c65)c87)C3(c4ccccc4-c4ccccc43)c3ccccc3-9)nc2C2=CCC3C(=C2)c2ccccc2N3c2ccccc2)CC1. The van der Waals surface area contributed by atoms with E-state index in [0.29, 0.717) is 0 Å². The zero-order valence-corrected chi connectivity index (χ0v) is 40.8. The maximum absolute atomic E-state index is 5.78. The van der Waals surface area contributed by atoms with Gasteiger partial charge in [0.05, 0.1) is 33.9 Å². The van der Waals surface area contributed by atoms with E-state index < -0.39 is 5.41 Å². The Labute approximate surface area is 432 Å². The Hall–Kier alpha value is -9.38. The minimum Gasteiger partial charge on any atom is -0.333 e. The zero-order chi connectivity index (χ0) is 48.7. The number of hydrogen-bond acceptors (Lipinski definition) is 3. The molecular weight excluding hydrogens is 909 g/mol. The highest BCUT2D eigenvalue weighted by molar-refractivity contribution is 6.39. The molecule has 3 heterocycles. The molecule has 0 saturated carbocycles. The molecule has 4 nitrogen and oxygen atoms in total. The van der Waals surface area contributed by atoms with E-state index in [0.717, 1.165) is 58.8 Å². The number of allylic oxidation sites excluding steroid dienone is 3. The molecule has 0 N–H and O–H groups in total. The summed E-state index contributed by atoms with van der Waals surface area (Å²) in [6.07, 6.45) is 12.1. The third kappa shape index (κ3) is 4.98. The topological polar surface area (TPSA) is 34.0 Å². The summed E-state index contributed by atoms with van der Waals surface area (Å²) >= 11 is 0. The van der Waals surface area contributed by atoms with Crippen LogP contribution in [-0.4, -0.2) is 20.6 Å². The van der Waals surface area contributed by atoms with Gasteiger partial charge >= 0.3 is 0 Å². The minimum atomic E-state index is -0.472. The molecule has 4 heteroatoms. The molecule has 348 valence electrons. The van der Waals surface area contributed by atoms with E-state index in [2.05, 4.69) is 234 Å². The van der Waals surface area contributed by atoms with Crippen LogP contribution in [0.5, 0.6) is 0 Å². The third-order valence-corrected chi connectivity index (χ3v) is 17.9. The minimum absolute atomic E-state index is 0.201. The van der Waals surface area contributed by atoms with Crippen LogP contribution in [-0.2, 0) is 11.8 Å². The molecule has 2 aromatic heterocycles. The summed E-state index contributed by atoms with van der Waals surface area (Å²) in [6.45, 7) is 0. The fraction of sp³-hybridized carbons (Fsp3) is 0.0704. The lowest BCUT2D eigenvalue weighted by Gasteiger charge is -2.31. The lowest BCUT2D eigenvalue weighted by Crippen LogP contribution is -2.27. The van der Waals surface area contributed by atoms with E-state index in [1.54, 1.807) is 0 Å². The second kappa shape index (κ2) is 14.4. The van der Waals surface area contributed by atoms with Gasteiger partial charge in [-0.3, -0.25) is 4.57 Å². The van der Waals surface area contributed by atoms with Crippen LogP contribution in [0.2, 0.25) is 0 Å². The van der Waals surface area contributed by atoms with Crippen molar-refractivity contribution in [3.63, 3.8) is 0 Å². The molecule has 0 amide bonds. The van der Waals surface area contributed by atoms with Crippen molar-refractivity contribution in [1.29, 1.82) is 0 Å². The number of benzene rings is 11. The second-order valence-corrected chi connectivity index (χ2v) is 21.3. The first-order valence-electron chi connectivity index (χ1n) is 26.6. The summed E-state index contributed by atoms with van der Waals surface area (Å²) in [5.74, 6) is 0.719. The molecule has 0 saturated heterocycles. The van der Waals surface area contributed by atoms with Crippen LogP contribution < -0.4 is 4.90 Å². The number of aromatic nitrogens is 3.